The Morgan fingerprint density at radius 1 is 1.03 bits per heavy atom. The molecule has 2 aromatic carbocycles. The minimum atomic E-state index is -0.814. The molecule has 2 aliphatic rings. The van der Waals surface area contributed by atoms with E-state index in [0.29, 0.717) is 6.54 Å². The normalized spacial score (nSPS) is 17.5. The standard InChI is InChI=1S/C24H29ClFN5O2/c1-29-9-11-31(12-10-29)22(16-3-6-21-17(13-16)7-8-30(21)2)15-27-23(32)24(33)28-18-4-5-20(26)19(25)14-18/h3-6,13-14,22H,7-12,15H2,1-2H3,(H,27,32)(H,28,33). The summed E-state index contributed by atoms with van der Waals surface area (Å²) in [6.07, 6.45) is 1.00. The second-order valence-corrected chi connectivity index (χ2v) is 9.11. The predicted octanol–water partition coefficient (Wildman–Crippen LogP) is 2.51. The molecular weight excluding hydrogens is 445 g/mol. The van der Waals surface area contributed by atoms with Crippen LogP contribution in [0.5, 0.6) is 0 Å². The molecule has 0 aromatic heterocycles. The fourth-order valence-corrected chi connectivity index (χ4v) is 4.60. The van der Waals surface area contributed by atoms with E-state index in [1.54, 1.807) is 0 Å². The highest BCUT2D eigenvalue weighted by molar-refractivity contribution is 6.39. The lowest BCUT2D eigenvalue weighted by Crippen LogP contribution is -2.49. The van der Waals surface area contributed by atoms with Gasteiger partial charge in [-0.15, -0.1) is 0 Å². The molecule has 4 rings (SSSR count). The molecule has 33 heavy (non-hydrogen) atoms. The number of piperazine rings is 1. The van der Waals surface area contributed by atoms with Gasteiger partial charge in [0.05, 0.1) is 11.1 Å². The van der Waals surface area contributed by atoms with Gasteiger partial charge >= 0.3 is 11.8 Å². The maximum absolute atomic E-state index is 13.3. The zero-order valence-corrected chi connectivity index (χ0v) is 19.7. The third-order valence-corrected chi connectivity index (χ3v) is 6.72. The van der Waals surface area contributed by atoms with Crippen LogP contribution in [-0.2, 0) is 16.0 Å². The average molecular weight is 474 g/mol. The number of carbonyl (C=O) groups excluding carboxylic acids is 2. The van der Waals surface area contributed by atoms with Gasteiger partial charge in [0, 0.05) is 57.7 Å². The first-order valence-electron chi connectivity index (χ1n) is 11.1. The van der Waals surface area contributed by atoms with E-state index in [1.165, 1.54) is 23.4 Å². The summed E-state index contributed by atoms with van der Waals surface area (Å²) in [4.78, 5) is 31.8. The van der Waals surface area contributed by atoms with Crippen LogP contribution in [-0.4, -0.2) is 75.0 Å². The van der Waals surface area contributed by atoms with Gasteiger partial charge in [-0.1, -0.05) is 23.7 Å². The topological polar surface area (TPSA) is 67.9 Å². The highest BCUT2D eigenvalue weighted by Crippen LogP contribution is 2.31. The Labute approximate surface area is 198 Å². The SMILES string of the molecule is CN1CCN(C(CNC(=O)C(=O)Nc2ccc(F)c(Cl)c2)c2ccc3c(c2)CCN3C)CC1. The Morgan fingerprint density at radius 2 is 1.79 bits per heavy atom. The van der Waals surface area contributed by atoms with Crippen molar-refractivity contribution in [2.24, 2.45) is 0 Å². The summed E-state index contributed by atoms with van der Waals surface area (Å²) in [5.41, 5.74) is 3.96. The lowest BCUT2D eigenvalue weighted by Gasteiger charge is -2.38. The number of fused-ring (bicyclic) bond motifs is 1. The summed E-state index contributed by atoms with van der Waals surface area (Å²) in [7, 11) is 4.20. The first-order chi connectivity index (χ1) is 15.8. The minimum absolute atomic E-state index is 0.0353. The third kappa shape index (κ3) is 5.46. The Hall–Kier alpha value is -2.68. The second kappa shape index (κ2) is 10.1. The van der Waals surface area contributed by atoms with Gasteiger partial charge in [0.25, 0.3) is 0 Å². The molecule has 7 nitrogen and oxygen atoms in total. The molecule has 2 aromatic rings. The van der Waals surface area contributed by atoms with E-state index < -0.39 is 17.6 Å². The van der Waals surface area contributed by atoms with E-state index in [1.807, 2.05) is 0 Å². The number of hydrogen-bond acceptors (Lipinski definition) is 5. The number of nitrogens with one attached hydrogen (secondary N) is 2. The van der Waals surface area contributed by atoms with E-state index in [9.17, 15) is 14.0 Å². The molecule has 9 heteroatoms. The Morgan fingerprint density at radius 3 is 2.52 bits per heavy atom. The van der Waals surface area contributed by atoms with E-state index >= 15 is 0 Å². The molecule has 0 saturated carbocycles. The van der Waals surface area contributed by atoms with Crippen LogP contribution in [0.4, 0.5) is 15.8 Å². The van der Waals surface area contributed by atoms with Crippen molar-refractivity contribution < 1.29 is 14.0 Å². The number of likely N-dealkylation sites (N-methyl/N-ethyl adjacent to an activating group) is 2. The Bertz CT molecular complexity index is 1040. The average Bonchev–Trinajstić information content (AvgIpc) is 3.17. The van der Waals surface area contributed by atoms with Crippen LogP contribution in [0.25, 0.3) is 0 Å². The van der Waals surface area contributed by atoms with Gasteiger partial charge in [-0.05, 0) is 48.9 Å². The number of nitrogens with zero attached hydrogens (tertiary/aromatic N) is 3. The van der Waals surface area contributed by atoms with Crippen molar-refractivity contribution in [2.75, 3.05) is 63.6 Å². The molecule has 1 atom stereocenters. The van der Waals surface area contributed by atoms with E-state index in [2.05, 4.69) is 57.6 Å². The first-order valence-corrected chi connectivity index (χ1v) is 11.5. The predicted molar refractivity (Wildman–Crippen MR) is 128 cm³/mol. The number of rotatable bonds is 5. The third-order valence-electron chi connectivity index (χ3n) is 6.43. The van der Waals surface area contributed by atoms with Crippen molar-refractivity contribution in [1.29, 1.82) is 0 Å². The van der Waals surface area contributed by atoms with Gasteiger partial charge < -0.3 is 20.4 Å². The fraction of sp³-hybridized carbons (Fsp3) is 0.417. The molecule has 0 aliphatic carbocycles. The summed E-state index contributed by atoms with van der Waals surface area (Å²) in [5.74, 6) is -2.14. The van der Waals surface area contributed by atoms with E-state index in [0.717, 1.165) is 50.8 Å². The van der Waals surface area contributed by atoms with Crippen molar-refractivity contribution >= 4 is 34.8 Å². The van der Waals surface area contributed by atoms with Crippen molar-refractivity contribution in [3.8, 4) is 0 Å². The smallest absolute Gasteiger partial charge is 0.313 e. The summed E-state index contributed by atoms with van der Waals surface area (Å²) < 4.78 is 13.3. The Kier molecular flexibility index (Phi) is 7.17. The first kappa shape index (κ1) is 23.5. The van der Waals surface area contributed by atoms with Crippen molar-refractivity contribution in [3.05, 3.63) is 58.4 Å². The minimum Gasteiger partial charge on any atom is -0.374 e. The number of halogens is 2. The quantitative estimate of drug-likeness (QED) is 0.653. The van der Waals surface area contributed by atoms with Gasteiger partial charge in [-0.3, -0.25) is 14.5 Å². The largest absolute Gasteiger partial charge is 0.374 e. The highest BCUT2D eigenvalue weighted by Gasteiger charge is 2.27. The number of benzene rings is 2. The monoisotopic (exact) mass is 473 g/mol. The molecule has 1 unspecified atom stereocenters. The van der Waals surface area contributed by atoms with Crippen LogP contribution in [0, 0.1) is 5.82 Å². The van der Waals surface area contributed by atoms with Crippen molar-refractivity contribution in [2.45, 2.75) is 12.5 Å². The van der Waals surface area contributed by atoms with Crippen LogP contribution in [0.3, 0.4) is 0 Å². The zero-order chi connectivity index (χ0) is 23.5. The zero-order valence-electron chi connectivity index (χ0n) is 18.9. The highest BCUT2D eigenvalue weighted by atomic mass is 35.5. The maximum atomic E-state index is 13.3. The molecule has 0 bridgehead atoms. The van der Waals surface area contributed by atoms with Crippen LogP contribution >= 0.6 is 11.6 Å². The Balaban J connectivity index is 1.45. The van der Waals surface area contributed by atoms with Crippen LogP contribution in [0.2, 0.25) is 5.02 Å². The van der Waals surface area contributed by atoms with Gasteiger partial charge in [0.15, 0.2) is 0 Å². The summed E-state index contributed by atoms with van der Waals surface area (Å²) >= 11 is 5.75. The fourth-order valence-electron chi connectivity index (χ4n) is 4.42. The number of anilines is 2. The van der Waals surface area contributed by atoms with Crippen LogP contribution in [0.1, 0.15) is 17.2 Å². The number of amides is 2. The molecular formula is C24H29ClFN5O2. The lowest BCUT2D eigenvalue weighted by molar-refractivity contribution is -0.136. The summed E-state index contributed by atoms with van der Waals surface area (Å²) in [6, 6.07) is 10.2. The molecule has 176 valence electrons. The van der Waals surface area contributed by atoms with E-state index in [4.69, 9.17) is 11.6 Å². The van der Waals surface area contributed by atoms with Gasteiger partial charge in [-0.2, -0.15) is 0 Å². The van der Waals surface area contributed by atoms with Crippen molar-refractivity contribution in [1.82, 2.24) is 15.1 Å². The lowest BCUT2D eigenvalue weighted by atomic mass is 10.00. The summed E-state index contributed by atoms with van der Waals surface area (Å²) in [5, 5.41) is 5.14. The molecule has 1 saturated heterocycles. The van der Waals surface area contributed by atoms with E-state index in [-0.39, 0.29) is 16.8 Å². The molecule has 2 aliphatic heterocycles. The maximum Gasteiger partial charge on any atom is 0.313 e. The van der Waals surface area contributed by atoms with Gasteiger partial charge in [0.1, 0.15) is 5.82 Å². The molecule has 2 heterocycles. The molecule has 0 radical (unpaired) electrons. The summed E-state index contributed by atoms with van der Waals surface area (Å²) in [6.45, 7) is 4.98. The number of hydrogen-bond donors (Lipinski definition) is 2. The molecule has 2 N–H and O–H groups in total. The van der Waals surface area contributed by atoms with Crippen LogP contribution < -0.4 is 15.5 Å². The molecule has 0 spiro atoms. The van der Waals surface area contributed by atoms with Crippen LogP contribution in [0.15, 0.2) is 36.4 Å². The number of carbonyl (C=O) groups is 2. The second-order valence-electron chi connectivity index (χ2n) is 8.71. The van der Waals surface area contributed by atoms with Crippen molar-refractivity contribution in [3.63, 3.8) is 0 Å². The molecule has 2 amide bonds. The van der Waals surface area contributed by atoms with Gasteiger partial charge in [-0.25, -0.2) is 4.39 Å². The molecule has 1 fully saturated rings. The van der Waals surface area contributed by atoms with Gasteiger partial charge in [0.2, 0.25) is 0 Å².